The third-order valence-corrected chi connectivity index (χ3v) is 3.76. The van der Waals surface area contributed by atoms with Gasteiger partial charge < -0.3 is 20.1 Å². The Bertz CT molecular complexity index is 584. The van der Waals surface area contributed by atoms with Crippen LogP contribution in [0.3, 0.4) is 0 Å². The first-order valence-corrected chi connectivity index (χ1v) is 6.84. The minimum atomic E-state index is -4.73. The van der Waals surface area contributed by atoms with Gasteiger partial charge in [0.1, 0.15) is 11.6 Å². The van der Waals surface area contributed by atoms with Crippen LogP contribution < -0.4 is 10.1 Å². The first-order chi connectivity index (χ1) is 10.6. The second-order valence-corrected chi connectivity index (χ2v) is 5.33. The molecule has 1 saturated heterocycles. The number of aliphatic hydroxyl groups is 1. The summed E-state index contributed by atoms with van der Waals surface area (Å²) < 4.78 is 56.3. The Morgan fingerprint density at radius 3 is 2.43 bits per heavy atom. The molecule has 9 heteroatoms. The molecular weight excluding hydrogens is 320 g/mol. The maximum Gasteiger partial charge on any atom is 0.417 e. The van der Waals surface area contributed by atoms with Gasteiger partial charge in [0.15, 0.2) is 5.60 Å². The fourth-order valence-electron chi connectivity index (χ4n) is 2.32. The monoisotopic (exact) mass is 336 g/mol. The van der Waals surface area contributed by atoms with Gasteiger partial charge in [-0.1, -0.05) is 0 Å². The number of alkyl halides is 3. The number of hydrogen-bond donors (Lipinski definition) is 2. The zero-order valence-corrected chi connectivity index (χ0v) is 12.3. The third-order valence-electron chi connectivity index (χ3n) is 3.76. The number of likely N-dealkylation sites (tertiary alicyclic amines) is 1. The Morgan fingerprint density at radius 2 is 1.91 bits per heavy atom. The average molecular weight is 336 g/mol. The number of methoxy groups -OCH3 is 1. The highest BCUT2D eigenvalue weighted by Crippen LogP contribution is 2.38. The van der Waals surface area contributed by atoms with Crippen molar-refractivity contribution in [2.75, 3.05) is 25.5 Å². The number of urea groups is 1. The molecule has 1 heterocycles. The first kappa shape index (κ1) is 17.3. The fraction of sp³-hybridized carbons (Fsp3) is 0.500. The van der Waals surface area contributed by atoms with Gasteiger partial charge in [0.25, 0.3) is 0 Å². The lowest BCUT2D eigenvalue weighted by Gasteiger charge is -2.38. The summed E-state index contributed by atoms with van der Waals surface area (Å²) in [6.45, 7) is -0.511. The molecule has 0 bridgehead atoms. The van der Waals surface area contributed by atoms with E-state index in [2.05, 4.69) is 5.32 Å². The molecule has 1 aliphatic heterocycles. The molecule has 0 aromatic heterocycles. The molecule has 0 unspecified atom stereocenters. The van der Waals surface area contributed by atoms with Crippen LogP contribution in [0, 0.1) is 5.82 Å². The van der Waals surface area contributed by atoms with Crippen LogP contribution in [-0.2, 0) is 0 Å². The Morgan fingerprint density at radius 1 is 1.30 bits per heavy atom. The number of carbonyl (C=O) groups excluding carboxylic acids is 1. The van der Waals surface area contributed by atoms with Crippen LogP contribution in [0.1, 0.15) is 12.8 Å². The zero-order valence-electron chi connectivity index (χ0n) is 12.3. The standard InChI is InChI=1S/C14H16F4N2O3/c1-23-11-7-9(15)6-10(8-11)19-12(21)20-4-2-13(22,3-5-20)14(16,17)18/h6-8,22H,2-5H2,1H3,(H,19,21). The normalized spacial score (nSPS) is 17.7. The predicted molar refractivity (Wildman–Crippen MR) is 73.8 cm³/mol. The van der Waals surface area contributed by atoms with Crippen molar-refractivity contribution in [3.8, 4) is 5.75 Å². The van der Waals surface area contributed by atoms with E-state index in [1.165, 1.54) is 13.2 Å². The van der Waals surface area contributed by atoms with Crippen LogP contribution in [0.25, 0.3) is 0 Å². The van der Waals surface area contributed by atoms with E-state index in [1.807, 2.05) is 0 Å². The molecule has 0 saturated carbocycles. The van der Waals surface area contributed by atoms with Crippen LogP contribution in [0.5, 0.6) is 5.75 Å². The number of carbonyl (C=O) groups is 1. The van der Waals surface area contributed by atoms with Crippen molar-refractivity contribution in [1.82, 2.24) is 4.90 Å². The molecule has 0 atom stereocenters. The molecule has 0 aliphatic carbocycles. The minimum Gasteiger partial charge on any atom is -0.497 e. The summed E-state index contributed by atoms with van der Waals surface area (Å²) in [6, 6.07) is 2.91. The van der Waals surface area contributed by atoms with Crippen molar-refractivity contribution in [3.63, 3.8) is 0 Å². The number of piperidine rings is 1. The smallest absolute Gasteiger partial charge is 0.417 e. The van der Waals surface area contributed by atoms with Gasteiger partial charge in [0.05, 0.1) is 7.11 Å². The number of halogens is 4. The summed E-state index contributed by atoms with van der Waals surface area (Å²) in [4.78, 5) is 13.2. The van der Waals surface area contributed by atoms with Crippen LogP contribution in [0.4, 0.5) is 28.0 Å². The molecule has 23 heavy (non-hydrogen) atoms. The predicted octanol–water partition coefficient (Wildman–Crippen LogP) is 2.76. The van der Waals surface area contributed by atoms with Crippen LogP contribution >= 0.6 is 0 Å². The number of benzene rings is 1. The lowest BCUT2D eigenvalue weighted by molar-refractivity contribution is -0.271. The van der Waals surface area contributed by atoms with E-state index in [0.717, 1.165) is 17.0 Å². The molecule has 1 fully saturated rings. The number of ether oxygens (including phenoxy) is 1. The van der Waals surface area contributed by atoms with Crippen molar-refractivity contribution >= 4 is 11.7 Å². The maximum atomic E-state index is 13.3. The SMILES string of the molecule is COc1cc(F)cc(NC(=O)N2CCC(O)(C(F)(F)F)CC2)c1. The minimum absolute atomic E-state index is 0.128. The van der Waals surface area contributed by atoms with Crippen molar-refractivity contribution in [1.29, 1.82) is 0 Å². The van der Waals surface area contributed by atoms with Crippen molar-refractivity contribution < 1.29 is 32.2 Å². The fourth-order valence-corrected chi connectivity index (χ4v) is 2.32. The number of rotatable bonds is 2. The molecular formula is C14H16F4N2O3. The van der Waals surface area contributed by atoms with Crippen molar-refractivity contribution in [3.05, 3.63) is 24.0 Å². The van der Waals surface area contributed by atoms with E-state index in [0.29, 0.717) is 0 Å². The van der Waals surface area contributed by atoms with Gasteiger partial charge in [-0.3, -0.25) is 0 Å². The van der Waals surface area contributed by atoms with E-state index in [-0.39, 0.29) is 24.5 Å². The zero-order chi connectivity index (χ0) is 17.3. The lowest BCUT2D eigenvalue weighted by Crippen LogP contribution is -2.55. The van der Waals surface area contributed by atoms with Gasteiger partial charge in [-0.25, -0.2) is 9.18 Å². The summed E-state index contributed by atoms with van der Waals surface area (Å²) in [5.41, 5.74) is -2.64. The van der Waals surface area contributed by atoms with Gasteiger partial charge in [0, 0.05) is 43.8 Å². The number of nitrogens with one attached hydrogen (secondary N) is 1. The molecule has 1 aromatic rings. The summed E-state index contributed by atoms with van der Waals surface area (Å²) in [5.74, 6) is -0.421. The molecule has 2 amide bonds. The highest BCUT2D eigenvalue weighted by Gasteiger charge is 2.54. The molecule has 128 valence electrons. The van der Waals surface area contributed by atoms with E-state index >= 15 is 0 Å². The quantitative estimate of drug-likeness (QED) is 0.817. The van der Waals surface area contributed by atoms with Gasteiger partial charge in [0.2, 0.25) is 0 Å². The number of hydrogen-bond acceptors (Lipinski definition) is 3. The average Bonchev–Trinajstić information content (AvgIpc) is 2.46. The van der Waals surface area contributed by atoms with Gasteiger partial charge in [-0.15, -0.1) is 0 Å². The molecule has 5 nitrogen and oxygen atoms in total. The molecule has 0 spiro atoms. The lowest BCUT2D eigenvalue weighted by atomic mass is 9.91. The molecule has 0 radical (unpaired) electrons. The Labute approximate surface area is 129 Å². The van der Waals surface area contributed by atoms with Gasteiger partial charge >= 0.3 is 12.2 Å². The molecule has 2 N–H and O–H groups in total. The highest BCUT2D eigenvalue weighted by molar-refractivity contribution is 5.89. The summed E-state index contributed by atoms with van der Waals surface area (Å²) in [5, 5.41) is 11.9. The van der Waals surface area contributed by atoms with E-state index in [9.17, 15) is 27.5 Å². The van der Waals surface area contributed by atoms with Crippen molar-refractivity contribution in [2.24, 2.45) is 0 Å². The Kier molecular flexibility index (Phi) is 4.69. The highest BCUT2D eigenvalue weighted by atomic mass is 19.4. The molecule has 2 rings (SSSR count). The van der Waals surface area contributed by atoms with Crippen molar-refractivity contribution in [2.45, 2.75) is 24.6 Å². The number of nitrogens with zero attached hydrogens (tertiary/aromatic N) is 1. The largest absolute Gasteiger partial charge is 0.497 e. The second kappa shape index (κ2) is 6.23. The number of anilines is 1. The van der Waals surface area contributed by atoms with Gasteiger partial charge in [-0.2, -0.15) is 13.2 Å². The third kappa shape index (κ3) is 3.84. The topological polar surface area (TPSA) is 61.8 Å². The maximum absolute atomic E-state index is 13.3. The van der Waals surface area contributed by atoms with E-state index < -0.39 is 36.5 Å². The van der Waals surface area contributed by atoms with E-state index in [4.69, 9.17) is 4.74 Å². The van der Waals surface area contributed by atoms with Crippen LogP contribution in [0.2, 0.25) is 0 Å². The van der Waals surface area contributed by atoms with Crippen LogP contribution in [0.15, 0.2) is 18.2 Å². The first-order valence-electron chi connectivity index (χ1n) is 6.84. The second-order valence-electron chi connectivity index (χ2n) is 5.33. The Balaban J connectivity index is 2.00. The van der Waals surface area contributed by atoms with Gasteiger partial charge in [-0.05, 0) is 6.07 Å². The summed E-state index contributed by atoms with van der Waals surface area (Å²) in [6.07, 6.45) is -5.93. The molecule has 1 aromatic carbocycles. The van der Waals surface area contributed by atoms with E-state index in [1.54, 1.807) is 0 Å². The summed E-state index contributed by atoms with van der Waals surface area (Å²) in [7, 11) is 1.34. The number of amides is 2. The summed E-state index contributed by atoms with van der Waals surface area (Å²) >= 11 is 0. The van der Waals surface area contributed by atoms with Crippen LogP contribution in [-0.4, -0.2) is 48.0 Å². The molecule has 1 aliphatic rings. The Hall–Kier alpha value is -2.03.